The topological polar surface area (TPSA) is 74.7 Å². The molecule has 0 spiro atoms. The van der Waals surface area contributed by atoms with Crippen LogP contribution < -0.4 is 4.90 Å². The van der Waals surface area contributed by atoms with Gasteiger partial charge in [0.05, 0.1) is 6.42 Å². The Morgan fingerprint density at radius 3 is 2.86 bits per heavy atom. The summed E-state index contributed by atoms with van der Waals surface area (Å²) in [4.78, 5) is 35.5. The minimum Gasteiger partial charge on any atom is -0.481 e. The quantitative estimate of drug-likeness (QED) is 0.900. The van der Waals surface area contributed by atoms with Crippen LogP contribution >= 0.6 is 11.8 Å². The van der Waals surface area contributed by atoms with Gasteiger partial charge in [0, 0.05) is 31.3 Å². The molecule has 1 aromatic carbocycles. The molecule has 1 aliphatic heterocycles. The Morgan fingerprint density at radius 2 is 2.19 bits per heavy atom. The van der Waals surface area contributed by atoms with E-state index in [1.807, 2.05) is 6.07 Å². The summed E-state index contributed by atoms with van der Waals surface area (Å²) in [5.41, 5.74) is 1.41. The summed E-state index contributed by atoms with van der Waals surface area (Å²) >= 11 is 1.24. The van der Waals surface area contributed by atoms with Crippen LogP contribution in [0.2, 0.25) is 0 Å². The first-order valence-electron chi connectivity index (χ1n) is 6.70. The van der Waals surface area contributed by atoms with E-state index < -0.39 is 5.97 Å². The number of benzene rings is 1. The first-order chi connectivity index (χ1) is 9.95. The standard InChI is InChI=1S/C15H17NO4S/c1-10(17)21-9-12-6-14(18)16(8-12)13-4-2-3-11(5-13)7-15(19)20/h2-5,12H,6-9H2,1H3,(H,19,20). The van der Waals surface area contributed by atoms with E-state index in [9.17, 15) is 14.4 Å². The van der Waals surface area contributed by atoms with E-state index in [0.29, 0.717) is 24.3 Å². The van der Waals surface area contributed by atoms with Crippen molar-refractivity contribution in [2.45, 2.75) is 19.8 Å². The van der Waals surface area contributed by atoms with Crippen molar-refractivity contribution in [3.63, 3.8) is 0 Å². The third-order valence-electron chi connectivity index (χ3n) is 3.31. The highest BCUT2D eigenvalue weighted by molar-refractivity contribution is 8.13. The number of anilines is 1. The fraction of sp³-hybridized carbons (Fsp3) is 0.400. The number of amides is 1. The first-order valence-corrected chi connectivity index (χ1v) is 7.68. The summed E-state index contributed by atoms with van der Waals surface area (Å²) in [5, 5.41) is 8.88. The van der Waals surface area contributed by atoms with Crippen LogP contribution in [0.5, 0.6) is 0 Å². The van der Waals surface area contributed by atoms with E-state index in [4.69, 9.17) is 5.11 Å². The van der Waals surface area contributed by atoms with Crippen LogP contribution in [-0.2, 0) is 20.8 Å². The van der Waals surface area contributed by atoms with Crippen molar-refractivity contribution >= 4 is 34.4 Å². The van der Waals surface area contributed by atoms with Gasteiger partial charge in [0.1, 0.15) is 0 Å². The van der Waals surface area contributed by atoms with E-state index in [2.05, 4.69) is 0 Å². The largest absolute Gasteiger partial charge is 0.481 e. The number of hydrogen-bond donors (Lipinski definition) is 1. The summed E-state index contributed by atoms with van der Waals surface area (Å²) in [7, 11) is 0. The molecule has 5 nitrogen and oxygen atoms in total. The fourth-order valence-corrected chi connectivity index (χ4v) is 3.08. The van der Waals surface area contributed by atoms with Crippen molar-refractivity contribution < 1.29 is 19.5 Å². The zero-order chi connectivity index (χ0) is 15.4. The van der Waals surface area contributed by atoms with Gasteiger partial charge in [-0.25, -0.2) is 0 Å². The molecule has 1 N–H and O–H groups in total. The maximum absolute atomic E-state index is 12.1. The second kappa shape index (κ2) is 6.76. The van der Waals surface area contributed by atoms with E-state index in [1.165, 1.54) is 18.7 Å². The Bertz CT molecular complexity index is 573. The molecule has 0 aromatic heterocycles. The van der Waals surface area contributed by atoms with Crippen molar-refractivity contribution in [3.8, 4) is 0 Å². The summed E-state index contributed by atoms with van der Waals surface area (Å²) in [6.45, 7) is 2.10. The molecule has 21 heavy (non-hydrogen) atoms. The molecule has 2 rings (SSSR count). The Kier molecular flexibility index (Phi) is 5.01. The zero-order valence-corrected chi connectivity index (χ0v) is 12.6. The molecule has 0 aliphatic carbocycles. The first kappa shape index (κ1) is 15.6. The predicted molar refractivity (Wildman–Crippen MR) is 81.4 cm³/mol. The SMILES string of the molecule is CC(=O)SCC1CC(=O)N(c2cccc(CC(=O)O)c2)C1. The van der Waals surface area contributed by atoms with E-state index >= 15 is 0 Å². The number of nitrogens with zero attached hydrogens (tertiary/aromatic N) is 1. The molecule has 112 valence electrons. The number of carboxylic acids is 1. The molecule has 1 unspecified atom stereocenters. The lowest BCUT2D eigenvalue weighted by atomic mass is 10.1. The van der Waals surface area contributed by atoms with Crippen molar-refractivity contribution in [2.24, 2.45) is 5.92 Å². The number of carbonyl (C=O) groups is 3. The van der Waals surface area contributed by atoms with Crippen molar-refractivity contribution in [3.05, 3.63) is 29.8 Å². The Hall–Kier alpha value is -1.82. The van der Waals surface area contributed by atoms with Gasteiger partial charge in [-0.15, -0.1) is 0 Å². The molecule has 1 heterocycles. The number of rotatable bonds is 5. The lowest BCUT2D eigenvalue weighted by Crippen LogP contribution is -2.24. The number of thioether (sulfide) groups is 1. The minimum atomic E-state index is -0.893. The lowest BCUT2D eigenvalue weighted by Gasteiger charge is -2.17. The van der Waals surface area contributed by atoms with Gasteiger partial charge in [-0.1, -0.05) is 23.9 Å². The normalized spacial score (nSPS) is 18.0. The van der Waals surface area contributed by atoms with Crippen LogP contribution in [0.15, 0.2) is 24.3 Å². The average molecular weight is 307 g/mol. The van der Waals surface area contributed by atoms with Gasteiger partial charge in [-0.2, -0.15) is 0 Å². The van der Waals surface area contributed by atoms with E-state index in [0.717, 1.165) is 5.69 Å². The van der Waals surface area contributed by atoms with Gasteiger partial charge in [-0.05, 0) is 23.6 Å². The molecule has 1 saturated heterocycles. The number of carbonyl (C=O) groups excluding carboxylic acids is 2. The van der Waals surface area contributed by atoms with Gasteiger partial charge in [0.25, 0.3) is 0 Å². The van der Waals surface area contributed by atoms with Crippen LogP contribution in [-0.4, -0.2) is 34.4 Å². The maximum Gasteiger partial charge on any atom is 0.307 e. The van der Waals surface area contributed by atoms with Gasteiger partial charge >= 0.3 is 5.97 Å². The summed E-state index contributed by atoms with van der Waals surface area (Å²) < 4.78 is 0. The zero-order valence-electron chi connectivity index (χ0n) is 11.7. The minimum absolute atomic E-state index is 0.0247. The van der Waals surface area contributed by atoms with Crippen LogP contribution in [0.4, 0.5) is 5.69 Å². The molecule has 0 saturated carbocycles. The Labute approximate surface area is 127 Å². The van der Waals surface area contributed by atoms with Crippen LogP contribution in [0.25, 0.3) is 0 Å². The van der Waals surface area contributed by atoms with Gasteiger partial charge in [-0.3, -0.25) is 14.4 Å². The van der Waals surface area contributed by atoms with Gasteiger partial charge in [0.2, 0.25) is 5.91 Å². The monoisotopic (exact) mass is 307 g/mol. The highest BCUT2D eigenvalue weighted by Crippen LogP contribution is 2.28. The van der Waals surface area contributed by atoms with Crippen molar-refractivity contribution in [1.82, 2.24) is 0 Å². The predicted octanol–water partition coefficient (Wildman–Crippen LogP) is 1.95. The molecule has 1 atom stereocenters. The second-order valence-electron chi connectivity index (χ2n) is 5.12. The molecule has 6 heteroatoms. The summed E-state index contributed by atoms with van der Waals surface area (Å²) in [6, 6.07) is 7.05. The highest BCUT2D eigenvalue weighted by Gasteiger charge is 2.30. The third kappa shape index (κ3) is 4.32. The summed E-state index contributed by atoms with van der Waals surface area (Å²) in [5.74, 6) is -0.0614. The molecule has 1 fully saturated rings. The smallest absolute Gasteiger partial charge is 0.307 e. The highest BCUT2D eigenvalue weighted by atomic mass is 32.2. The molecule has 1 aliphatic rings. The number of aliphatic carboxylic acids is 1. The molecular formula is C15H17NO4S. The van der Waals surface area contributed by atoms with Crippen LogP contribution in [0.1, 0.15) is 18.9 Å². The van der Waals surface area contributed by atoms with Gasteiger partial charge < -0.3 is 10.0 Å². The maximum atomic E-state index is 12.1. The van der Waals surface area contributed by atoms with Crippen LogP contribution in [0, 0.1) is 5.92 Å². The summed E-state index contributed by atoms with van der Waals surface area (Å²) in [6.07, 6.45) is 0.378. The Balaban J connectivity index is 2.06. The number of hydrogen-bond acceptors (Lipinski definition) is 4. The molecule has 1 aromatic rings. The van der Waals surface area contributed by atoms with Crippen molar-refractivity contribution in [1.29, 1.82) is 0 Å². The lowest BCUT2D eigenvalue weighted by molar-refractivity contribution is -0.136. The Morgan fingerprint density at radius 1 is 1.43 bits per heavy atom. The molecule has 0 bridgehead atoms. The van der Waals surface area contributed by atoms with Gasteiger partial charge in [0.15, 0.2) is 5.12 Å². The average Bonchev–Trinajstić information content (AvgIpc) is 2.77. The van der Waals surface area contributed by atoms with E-state index in [-0.39, 0.29) is 23.4 Å². The molecule has 0 radical (unpaired) electrons. The van der Waals surface area contributed by atoms with E-state index in [1.54, 1.807) is 23.1 Å². The van der Waals surface area contributed by atoms with Crippen molar-refractivity contribution in [2.75, 3.05) is 17.2 Å². The third-order valence-corrected chi connectivity index (χ3v) is 4.35. The molecule has 1 amide bonds. The van der Waals surface area contributed by atoms with Crippen LogP contribution in [0.3, 0.4) is 0 Å². The second-order valence-corrected chi connectivity index (χ2v) is 6.31. The number of carboxylic acid groups (broad SMARTS) is 1. The fourth-order valence-electron chi connectivity index (χ4n) is 2.39. The molecular weight excluding hydrogens is 290 g/mol.